The molecule has 1 aliphatic heterocycles. The smallest absolute Gasteiger partial charge is 0.259 e. The van der Waals surface area contributed by atoms with Crippen molar-refractivity contribution in [1.29, 1.82) is 0 Å². The van der Waals surface area contributed by atoms with Crippen LogP contribution in [0.4, 0.5) is 0 Å². The van der Waals surface area contributed by atoms with Crippen LogP contribution < -0.4 is 5.32 Å². The second-order valence-electron chi connectivity index (χ2n) is 7.33. The molecule has 3 heterocycles. The maximum absolute atomic E-state index is 13.3. The van der Waals surface area contributed by atoms with Crippen molar-refractivity contribution in [3.8, 4) is 11.3 Å². The van der Waals surface area contributed by atoms with E-state index in [1.54, 1.807) is 0 Å². The van der Waals surface area contributed by atoms with Gasteiger partial charge < -0.3 is 14.7 Å². The third kappa shape index (κ3) is 3.75. The van der Waals surface area contributed by atoms with Gasteiger partial charge in [0.2, 0.25) is 0 Å². The Hall–Kier alpha value is -2.44. The van der Waals surface area contributed by atoms with E-state index in [1.165, 1.54) is 5.56 Å². The molecule has 1 N–H and O–H groups in total. The van der Waals surface area contributed by atoms with Gasteiger partial charge in [-0.1, -0.05) is 35.0 Å². The first kappa shape index (κ1) is 20.3. The minimum atomic E-state index is 0. The number of carbonyl (C=O) groups is 1. The Labute approximate surface area is 170 Å². The van der Waals surface area contributed by atoms with Crippen LogP contribution in [-0.4, -0.2) is 47.6 Å². The number of nitrogens with one attached hydrogen (secondary N) is 1. The third-order valence-corrected chi connectivity index (χ3v) is 5.26. The zero-order valence-electron chi connectivity index (χ0n) is 16.4. The standard InChI is InChI=1S/C21H24N4O2.ClH/c1-13-4-6-16(7-5-13)18-10-17(19-14(2)24-27-20(19)23-18)21(26)25-9-8-15(12-25)11-22-3;/h4-7,10,15,22H,8-9,11-12H2,1-3H3;1H. The highest BCUT2D eigenvalue weighted by atomic mass is 35.5. The molecule has 1 aromatic carbocycles. The molecule has 1 atom stereocenters. The Bertz CT molecular complexity index is 984. The van der Waals surface area contributed by atoms with Crippen LogP contribution in [0.3, 0.4) is 0 Å². The number of likely N-dealkylation sites (tertiary alicyclic amines) is 1. The van der Waals surface area contributed by atoms with E-state index in [2.05, 4.69) is 15.5 Å². The molecule has 1 fully saturated rings. The predicted octanol–water partition coefficient (Wildman–Crippen LogP) is 3.61. The maximum atomic E-state index is 13.3. The number of amides is 1. The Morgan fingerprint density at radius 2 is 2.04 bits per heavy atom. The Morgan fingerprint density at radius 3 is 2.75 bits per heavy atom. The van der Waals surface area contributed by atoms with Crippen molar-refractivity contribution < 1.29 is 9.32 Å². The van der Waals surface area contributed by atoms with E-state index in [4.69, 9.17) is 4.52 Å². The van der Waals surface area contributed by atoms with Gasteiger partial charge >= 0.3 is 0 Å². The summed E-state index contributed by atoms with van der Waals surface area (Å²) in [6.07, 6.45) is 1.02. The molecule has 0 spiro atoms. The minimum absolute atomic E-state index is 0. The van der Waals surface area contributed by atoms with E-state index in [9.17, 15) is 4.79 Å². The number of carbonyl (C=O) groups excluding carboxylic acids is 1. The minimum Gasteiger partial charge on any atom is -0.338 e. The number of hydrogen-bond donors (Lipinski definition) is 1. The van der Waals surface area contributed by atoms with E-state index in [0.717, 1.165) is 37.3 Å². The molecule has 1 unspecified atom stereocenters. The lowest BCUT2D eigenvalue weighted by Gasteiger charge is -2.17. The van der Waals surface area contributed by atoms with Crippen molar-refractivity contribution in [3.05, 3.63) is 47.2 Å². The molecule has 4 rings (SSSR count). The number of aryl methyl sites for hydroxylation is 2. The zero-order valence-corrected chi connectivity index (χ0v) is 17.2. The van der Waals surface area contributed by atoms with Crippen LogP contribution >= 0.6 is 12.4 Å². The number of hydrogen-bond acceptors (Lipinski definition) is 5. The largest absolute Gasteiger partial charge is 0.338 e. The van der Waals surface area contributed by atoms with Crippen molar-refractivity contribution in [2.75, 3.05) is 26.7 Å². The lowest BCUT2D eigenvalue weighted by molar-refractivity contribution is 0.0789. The molecule has 3 aromatic rings. The highest BCUT2D eigenvalue weighted by molar-refractivity contribution is 6.07. The predicted molar refractivity (Wildman–Crippen MR) is 112 cm³/mol. The first-order chi connectivity index (χ1) is 13.1. The summed E-state index contributed by atoms with van der Waals surface area (Å²) in [5, 5.41) is 7.96. The molecule has 0 radical (unpaired) electrons. The first-order valence-corrected chi connectivity index (χ1v) is 9.34. The van der Waals surface area contributed by atoms with Gasteiger partial charge in [-0.15, -0.1) is 12.4 Å². The second kappa shape index (κ2) is 8.29. The van der Waals surface area contributed by atoms with Crippen molar-refractivity contribution in [2.24, 2.45) is 5.92 Å². The number of rotatable bonds is 4. The molecule has 7 heteroatoms. The second-order valence-corrected chi connectivity index (χ2v) is 7.33. The summed E-state index contributed by atoms with van der Waals surface area (Å²) >= 11 is 0. The van der Waals surface area contributed by atoms with Crippen LogP contribution in [0.2, 0.25) is 0 Å². The fourth-order valence-corrected chi connectivity index (χ4v) is 3.78. The van der Waals surface area contributed by atoms with E-state index < -0.39 is 0 Å². The summed E-state index contributed by atoms with van der Waals surface area (Å²) in [6.45, 7) is 6.37. The molecule has 6 nitrogen and oxygen atoms in total. The van der Waals surface area contributed by atoms with Crippen LogP contribution in [0.1, 0.15) is 28.0 Å². The van der Waals surface area contributed by atoms with Crippen molar-refractivity contribution in [3.63, 3.8) is 0 Å². The van der Waals surface area contributed by atoms with Gasteiger partial charge in [-0.2, -0.15) is 0 Å². The van der Waals surface area contributed by atoms with E-state index in [0.29, 0.717) is 28.3 Å². The molecule has 28 heavy (non-hydrogen) atoms. The first-order valence-electron chi connectivity index (χ1n) is 9.34. The highest BCUT2D eigenvalue weighted by Gasteiger charge is 2.29. The molecule has 148 valence electrons. The quantitative estimate of drug-likeness (QED) is 0.724. The van der Waals surface area contributed by atoms with Crippen LogP contribution in [0, 0.1) is 19.8 Å². The summed E-state index contributed by atoms with van der Waals surface area (Å²) in [4.78, 5) is 19.8. The molecule has 2 aromatic heterocycles. The normalized spacial score (nSPS) is 16.4. The van der Waals surface area contributed by atoms with Crippen molar-refractivity contribution >= 4 is 29.4 Å². The molecule has 0 bridgehead atoms. The van der Waals surface area contributed by atoms with Gasteiger partial charge in [0.15, 0.2) is 0 Å². The molecular weight excluding hydrogens is 376 g/mol. The molecule has 0 aliphatic carbocycles. The number of benzene rings is 1. The van der Waals surface area contributed by atoms with E-state index >= 15 is 0 Å². The van der Waals surface area contributed by atoms with Gasteiger partial charge in [0.1, 0.15) is 0 Å². The van der Waals surface area contributed by atoms with Crippen LogP contribution in [-0.2, 0) is 0 Å². The van der Waals surface area contributed by atoms with Crippen LogP contribution in [0.5, 0.6) is 0 Å². The zero-order chi connectivity index (χ0) is 19.0. The van der Waals surface area contributed by atoms with Gasteiger partial charge in [-0.25, -0.2) is 4.98 Å². The Morgan fingerprint density at radius 1 is 1.29 bits per heavy atom. The number of halogens is 1. The van der Waals surface area contributed by atoms with Crippen molar-refractivity contribution in [2.45, 2.75) is 20.3 Å². The Balaban J connectivity index is 0.00000225. The van der Waals surface area contributed by atoms with Gasteiger partial charge in [0, 0.05) is 18.7 Å². The third-order valence-electron chi connectivity index (χ3n) is 5.26. The maximum Gasteiger partial charge on any atom is 0.259 e. The van der Waals surface area contributed by atoms with Gasteiger partial charge in [0.25, 0.3) is 11.6 Å². The SMILES string of the molecule is CNCC1CCN(C(=O)c2cc(-c3ccc(C)cc3)nc3onc(C)c23)C1.Cl. The van der Waals surface area contributed by atoms with Crippen molar-refractivity contribution in [1.82, 2.24) is 20.4 Å². The fourth-order valence-electron chi connectivity index (χ4n) is 3.78. The van der Waals surface area contributed by atoms with Gasteiger partial charge in [-0.05, 0) is 45.8 Å². The summed E-state index contributed by atoms with van der Waals surface area (Å²) in [5.41, 5.74) is 4.61. The number of pyridine rings is 1. The monoisotopic (exact) mass is 400 g/mol. The molecule has 1 saturated heterocycles. The average Bonchev–Trinajstić information content (AvgIpc) is 3.28. The molecule has 1 amide bonds. The number of aromatic nitrogens is 2. The summed E-state index contributed by atoms with van der Waals surface area (Å²) in [6, 6.07) is 9.98. The van der Waals surface area contributed by atoms with Gasteiger partial charge in [0.05, 0.1) is 22.3 Å². The summed E-state index contributed by atoms with van der Waals surface area (Å²) in [7, 11) is 1.95. The summed E-state index contributed by atoms with van der Waals surface area (Å²) in [5.74, 6) is 0.525. The van der Waals surface area contributed by atoms with Crippen LogP contribution in [0.25, 0.3) is 22.4 Å². The average molecular weight is 401 g/mol. The fraction of sp³-hybridized carbons (Fsp3) is 0.381. The Kier molecular flexibility index (Phi) is 6.01. The molecular formula is C21H25ClN4O2. The van der Waals surface area contributed by atoms with E-state index in [1.807, 2.05) is 56.1 Å². The van der Waals surface area contributed by atoms with E-state index in [-0.39, 0.29) is 18.3 Å². The highest BCUT2D eigenvalue weighted by Crippen LogP contribution is 2.29. The lowest BCUT2D eigenvalue weighted by Crippen LogP contribution is -2.30. The topological polar surface area (TPSA) is 71.3 Å². The molecule has 1 aliphatic rings. The summed E-state index contributed by atoms with van der Waals surface area (Å²) < 4.78 is 5.41. The van der Waals surface area contributed by atoms with Crippen LogP contribution in [0.15, 0.2) is 34.9 Å². The number of nitrogens with zero attached hydrogens (tertiary/aromatic N) is 3. The molecule has 0 saturated carbocycles. The number of fused-ring (bicyclic) bond motifs is 1. The van der Waals surface area contributed by atoms with Gasteiger partial charge in [-0.3, -0.25) is 4.79 Å². The lowest BCUT2D eigenvalue weighted by atomic mass is 10.0.